The van der Waals surface area contributed by atoms with Gasteiger partial charge in [0, 0.05) is 30.8 Å². The summed E-state index contributed by atoms with van der Waals surface area (Å²) in [4.78, 5) is 4.33. The molecular weight excluding hydrogens is 267 g/mol. The highest BCUT2D eigenvalue weighted by Gasteiger charge is 2.34. The van der Waals surface area contributed by atoms with Crippen LogP contribution in [0.15, 0.2) is 30.5 Å². The summed E-state index contributed by atoms with van der Waals surface area (Å²) >= 11 is 0. The smallest absolute Gasteiger partial charge is 0.334 e. The number of aromatic nitrogens is 2. The van der Waals surface area contributed by atoms with Crippen molar-refractivity contribution in [3.8, 4) is 11.3 Å². The molecule has 0 saturated carbocycles. The first-order valence-electron chi connectivity index (χ1n) is 6.43. The van der Waals surface area contributed by atoms with Crippen molar-refractivity contribution in [2.75, 3.05) is 0 Å². The van der Waals surface area contributed by atoms with Crippen LogP contribution in [0.25, 0.3) is 11.3 Å². The molecule has 2 N–H and O–H groups in total. The first-order chi connectivity index (χ1) is 9.45. The molecule has 0 radical (unpaired) electrons. The molecule has 20 heavy (non-hydrogen) atoms. The van der Waals surface area contributed by atoms with E-state index in [1.807, 2.05) is 4.57 Å². The van der Waals surface area contributed by atoms with Gasteiger partial charge in [0.05, 0.1) is 11.3 Å². The van der Waals surface area contributed by atoms with E-state index < -0.39 is 11.7 Å². The fourth-order valence-electron chi connectivity index (χ4n) is 2.54. The van der Waals surface area contributed by atoms with E-state index in [0.717, 1.165) is 18.3 Å². The minimum atomic E-state index is -4.38. The Labute approximate surface area is 114 Å². The fraction of sp³-hybridized carbons (Fsp3) is 0.357. The Kier molecular flexibility index (Phi) is 3.05. The lowest BCUT2D eigenvalue weighted by Crippen LogP contribution is -2.30. The number of imidazole rings is 1. The lowest BCUT2D eigenvalue weighted by atomic mass is 10.0. The van der Waals surface area contributed by atoms with Crippen molar-refractivity contribution in [3.63, 3.8) is 0 Å². The van der Waals surface area contributed by atoms with Gasteiger partial charge in [-0.05, 0) is 12.5 Å². The van der Waals surface area contributed by atoms with Gasteiger partial charge in [0.15, 0.2) is 0 Å². The number of benzene rings is 1. The van der Waals surface area contributed by atoms with Crippen molar-refractivity contribution in [1.82, 2.24) is 9.55 Å². The summed E-state index contributed by atoms with van der Waals surface area (Å²) in [7, 11) is 0. The van der Waals surface area contributed by atoms with Crippen LogP contribution < -0.4 is 5.73 Å². The van der Waals surface area contributed by atoms with E-state index in [1.165, 1.54) is 12.1 Å². The van der Waals surface area contributed by atoms with E-state index in [9.17, 15) is 13.2 Å². The van der Waals surface area contributed by atoms with Crippen molar-refractivity contribution in [2.24, 2.45) is 5.73 Å². The SMILES string of the molecule is NC1CCn2cc(-c3ccccc3C(F)(F)F)nc2C1. The van der Waals surface area contributed by atoms with Gasteiger partial charge in [-0.3, -0.25) is 0 Å². The molecule has 2 aromatic rings. The zero-order valence-corrected chi connectivity index (χ0v) is 10.7. The van der Waals surface area contributed by atoms with Crippen LogP contribution in [0.4, 0.5) is 13.2 Å². The third-order valence-electron chi connectivity index (χ3n) is 3.55. The number of alkyl halides is 3. The maximum absolute atomic E-state index is 13.0. The van der Waals surface area contributed by atoms with E-state index in [0.29, 0.717) is 18.7 Å². The second-order valence-corrected chi connectivity index (χ2v) is 5.03. The summed E-state index contributed by atoms with van der Waals surface area (Å²) < 4.78 is 41.0. The molecule has 1 atom stereocenters. The lowest BCUT2D eigenvalue weighted by Gasteiger charge is -2.18. The van der Waals surface area contributed by atoms with Crippen molar-refractivity contribution >= 4 is 0 Å². The van der Waals surface area contributed by atoms with Crippen molar-refractivity contribution < 1.29 is 13.2 Å². The van der Waals surface area contributed by atoms with E-state index in [-0.39, 0.29) is 11.6 Å². The quantitative estimate of drug-likeness (QED) is 0.873. The average molecular weight is 281 g/mol. The molecule has 1 unspecified atom stereocenters. The summed E-state index contributed by atoms with van der Waals surface area (Å²) in [5, 5.41) is 0. The van der Waals surface area contributed by atoms with Gasteiger partial charge in [-0.25, -0.2) is 4.98 Å². The van der Waals surface area contributed by atoms with Crippen LogP contribution in [0.5, 0.6) is 0 Å². The Morgan fingerprint density at radius 3 is 2.75 bits per heavy atom. The van der Waals surface area contributed by atoms with Gasteiger partial charge >= 0.3 is 6.18 Å². The highest BCUT2D eigenvalue weighted by molar-refractivity contribution is 5.64. The number of nitrogens with two attached hydrogens (primary N) is 1. The zero-order chi connectivity index (χ0) is 14.3. The Hall–Kier alpha value is -1.82. The zero-order valence-electron chi connectivity index (χ0n) is 10.7. The van der Waals surface area contributed by atoms with E-state index >= 15 is 0 Å². The van der Waals surface area contributed by atoms with E-state index in [1.54, 1.807) is 12.3 Å². The van der Waals surface area contributed by atoms with Crippen molar-refractivity contribution in [2.45, 2.75) is 31.6 Å². The number of hydrogen-bond acceptors (Lipinski definition) is 2. The second kappa shape index (κ2) is 4.63. The molecule has 106 valence electrons. The molecule has 6 heteroatoms. The molecule has 1 aromatic heterocycles. The van der Waals surface area contributed by atoms with Gasteiger partial charge in [0.2, 0.25) is 0 Å². The van der Waals surface area contributed by atoms with Gasteiger partial charge in [-0.15, -0.1) is 0 Å². The third kappa shape index (κ3) is 2.31. The number of rotatable bonds is 1. The predicted octanol–water partition coefficient (Wildman–Crippen LogP) is 2.84. The summed E-state index contributed by atoms with van der Waals surface area (Å²) in [6, 6.07) is 5.55. The number of aryl methyl sites for hydroxylation is 1. The summed E-state index contributed by atoms with van der Waals surface area (Å²) in [5.41, 5.74) is 5.69. The summed E-state index contributed by atoms with van der Waals surface area (Å²) in [5.74, 6) is 0.760. The molecule has 0 fully saturated rings. The maximum atomic E-state index is 13.0. The van der Waals surface area contributed by atoms with Gasteiger partial charge in [-0.2, -0.15) is 13.2 Å². The monoisotopic (exact) mass is 281 g/mol. The largest absolute Gasteiger partial charge is 0.417 e. The molecule has 2 heterocycles. The van der Waals surface area contributed by atoms with Crippen LogP contribution >= 0.6 is 0 Å². The highest BCUT2D eigenvalue weighted by atomic mass is 19.4. The summed E-state index contributed by atoms with van der Waals surface area (Å²) in [6.07, 6.45) is -1.26. The molecule has 0 bridgehead atoms. The molecule has 1 aliphatic rings. The highest BCUT2D eigenvalue weighted by Crippen LogP contribution is 2.36. The van der Waals surface area contributed by atoms with Crippen LogP contribution in [0.2, 0.25) is 0 Å². The minimum Gasteiger partial charge on any atom is -0.334 e. The number of hydrogen-bond donors (Lipinski definition) is 1. The Morgan fingerprint density at radius 2 is 2.00 bits per heavy atom. The average Bonchev–Trinajstić information content (AvgIpc) is 2.80. The fourth-order valence-corrected chi connectivity index (χ4v) is 2.54. The van der Waals surface area contributed by atoms with Gasteiger partial charge in [0.25, 0.3) is 0 Å². The van der Waals surface area contributed by atoms with Gasteiger partial charge in [-0.1, -0.05) is 18.2 Å². The predicted molar refractivity (Wildman–Crippen MR) is 69.0 cm³/mol. The second-order valence-electron chi connectivity index (χ2n) is 5.03. The van der Waals surface area contributed by atoms with Crippen LogP contribution in [0.3, 0.4) is 0 Å². The van der Waals surface area contributed by atoms with Gasteiger partial charge < -0.3 is 10.3 Å². The van der Waals surface area contributed by atoms with Gasteiger partial charge in [0.1, 0.15) is 5.82 Å². The Bertz CT molecular complexity index is 631. The topological polar surface area (TPSA) is 43.8 Å². The first kappa shape index (κ1) is 13.2. The molecule has 0 amide bonds. The van der Waals surface area contributed by atoms with Crippen molar-refractivity contribution in [3.05, 3.63) is 41.9 Å². The maximum Gasteiger partial charge on any atom is 0.417 e. The normalized spacial score (nSPS) is 18.9. The lowest BCUT2D eigenvalue weighted by molar-refractivity contribution is -0.137. The minimum absolute atomic E-state index is 0.0376. The molecule has 0 saturated heterocycles. The molecule has 0 aliphatic carbocycles. The number of nitrogens with zero attached hydrogens (tertiary/aromatic N) is 2. The van der Waals surface area contributed by atoms with Crippen LogP contribution in [0.1, 0.15) is 17.8 Å². The van der Waals surface area contributed by atoms with Crippen LogP contribution in [-0.4, -0.2) is 15.6 Å². The van der Waals surface area contributed by atoms with Crippen LogP contribution in [-0.2, 0) is 19.1 Å². The molecule has 3 rings (SSSR count). The molecule has 3 nitrogen and oxygen atoms in total. The molecule has 0 spiro atoms. The molecular formula is C14H14F3N3. The number of fused-ring (bicyclic) bond motifs is 1. The molecule has 1 aromatic carbocycles. The molecule has 1 aliphatic heterocycles. The third-order valence-corrected chi connectivity index (χ3v) is 3.55. The Balaban J connectivity index is 2.07. The first-order valence-corrected chi connectivity index (χ1v) is 6.43. The van der Waals surface area contributed by atoms with E-state index in [4.69, 9.17) is 5.73 Å². The number of halogens is 3. The van der Waals surface area contributed by atoms with Crippen molar-refractivity contribution in [1.29, 1.82) is 0 Å². The summed E-state index contributed by atoms with van der Waals surface area (Å²) in [6.45, 7) is 0.706. The van der Waals surface area contributed by atoms with Crippen LogP contribution in [0, 0.1) is 0 Å². The Morgan fingerprint density at radius 1 is 1.25 bits per heavy atom. The standard InChI is InChI=1S/C14H14F3N3/c15-14(16,17)11-4-2-1-3-10(11)12-8-20-6-5-9(18)7-13(20)19-12/h1-4,8-9H,5-7,18H2. The van der Waals surface area contributed by atoms with E-state index in [2.05, 4.69) is 4.98 Å².